The summed E-state index contributed by atoms with van der Waals surface area (Å²) < 4.78 is 5.36. The molecule has 1 saturated heterocycles. The van der Waals surface area contributed by atoms with Crippen LogP contribution in [0, 0.1) is 5.92 Å². The van der Waals surface area contributed by atoms with Gasteiger partial charge in [-0.2, -0.15) is 0 Å². The number of nitrogens with two attached hydrogens (primary N) is 1. The van der Waals surface area contributed by atoms with Crippen molar-refractivity contribution in [2.24, 2.45) is 11.8 Å². The van der Waals surface area contributed by atoms with Crippen LogP contribution in [-0.2, 0) is 9.53 Å². The molecule has 0 amide bonds. The van der Waals surface area contributed by atoms with Gasteiger partial charge in [-0.3, -0.25) is 10.6 Å². The maximum absolute atomic E-state index is 11.8. The SMILES string of the molecule is CC(C)(C)OC(=O)C1CCCCN(N)C1. The minimum Gasteiger partial charge on any atom is -0.460 e. The molecule has 2 N–H and O–H groups in total. The molecule has 4 nitrogen and oxygen atoms in total. The van der Waals surface area contributed by atoms with Crippen molar-refractivity contribution in [3.05, 3.63) is 0 Å². The number of esters is 1. The molecule has 88 valence electrons. The van der Waals surface area contributed by atoms with Gasteiger partial charge in [-0.15, -0.1) is 0 Å². The van der Waals surface area contributed by atoms with Gasteiger partial charge in [0.05, 0.1) is 5.92 Å². The molecule has 1 rings (SSSR count). The summed E-state index contributed by atoms with van der Waals surface area (Å²) in [6.45, 7) is 7.17. The van der Waals surface area contributed by atoms with E-state index < -0.39 is 5.60 Å². The second kappa shape index (κ2) is 4.94. The van der Waals surface area contributed by atoms with Gasteiger partial charge in [0.15, 0.2) is 0 Å². The highest BCUT2D eigenvalue weighted by atomic mass is 16.6. The average molecular weight is 214 g/mol. The molecule has 0 aromatic rings. The topological polar surface area (TPSA) is 55.6 Å². The average Bonchev–Trinajstić information content (AvgIpc) is 2.26. The van der Waals surface area contributed by atoms with Crippen LogP contribution in [0.3, 0.4) is 0 Å². The van der Waals surface area contributed by atoms with E-state index in [1.54, 1.807) is 5.01 Å². The van der Waals surface area contributed by atoms with E-state index in [2.05, 4.69) is 0 Å². The van der Waals surface area contributed by atoms with E-state index in [0.717, 1.165) is 25.8 Å². The van der Waals surface area contributed by atoms with Gasteiger partial charge in [0.1, 0.15) is 5.60 Å². The molecule has 0 spiro atoms. The normalized spacial score (nSPS) is 24.7. The van der Waals surface area contributed by atoms with Gasteiger partial charge in [0, 0.05) is 13.1 Å². The van der Waals surface area contributed by atoms with Crippen LogP contribution in [0.2, 0.25) is 0 Å². The first-order chi connectivity index (χ1) is 6.88. The molecule has 1 heterocycles. The Balaban J connectivity index is 2.50. The molecule has 15 heavy (non-hydrogen) atoms. The summed E-state index contributed by atoms with van der Waals surface area (Å²) in [5.41, 5.74) is -0.400. The molecular weight excluding hydrogens is 192 g/mol. The number of nitrogens with zero attached hydrogens (tertiary/aromatic N) is 1. The second-order valence-electron chi connectivity index (χ2n) is 5.22. The van der Waals surface area contributed by atoms with Crippen LogP contribution in [0.15, 0.2) is 0 Å². The third-order valence-electron chi connectivity index (χ3n) is 2.44. The Morgan fingerprint density at radius 2 is 2.07 bits per heavy atom. The fourth-order valence-corrected chi connectivity index (χ4v) is 1.75. The summed E-state index contributed by atoms with van der Waals surface area (Å²) in [6.07, 6.45) is 3.01. The maximum Gasteiger partial charge on any atom is 0.310 e. The van der Waals surface area contributed by atoms with E-state index in [1.807, 2.05) is 20.8 Å². The van der Waals surface area contributed by atoms with Crippen LogP contribution in [0.5, 0.6) is 0 Å². The molecule has 0 radical (unpaired) electrons. The number of carbonyl (C=O) groups excluding carboxylic acids is 1. The van der Waals surface area contributed by atoms with Gasteiger partial charge in [0.2, 0.25) is 0 Å². The highest BCUT2D eigenvalue weighted by Crippen LogP contribution is 2.19. The lowest BCUT2D eigenvalue weighted by atomic mass is 10.0. The van der Waals surface area contributed by atoms with Crippen LogP contribution in [0.1, 0.15) is 40.0 Å². The molecule has 1 aliphatic heterocycles. The monoisotopic (exact) mass is 214 g/mol. The molecule has 0 aromatic carbocycles. The van der Waals surface area contributed by atoms with Crippen molar-refractivity contribution in [1.82, 2.24) is 5.01 Å². The van der Waals surface area contributed by atoms with Gasteiger partial charge < -0.3 is 4.74 Å². The van der Waals surface area contributed by atoms with Gasteiger partial charge >= 0.3 is 5.97 Å². The van der Waals surface area contributed by atoms with Crippen LogP contribution in [-0.4, -0.2) is 29.7 Å². The lowest BCUT2D eigenvalue weighted by Crippen LogP contribution is -2.39. The fourth-order valence-electron chi connectivity index (χ4n) is 1.75. The van der Waals surface area contributed by atoms with Crippen molar-refractivity contribution in [2.45, 2.75) is 45.6 Å². The van der Waals surface area contributed by atoms with Crippen LogP contribution < -0.4 is 5.84 Å². The molecule has 1 atom stereocenters. The Kier molecular flexibility index (Phi) is 4.11. The Labute approximate surface area is 91.7 Å². The number of hydrogen-bond donors (Lipinski definition) is 1. The zero-order valence-corrected chi connectivity index (χ0v) is 9.95. The van der Waals surface area contributed by atoms with Crippen molar-refractivity contribution >= 4 is 5.97 Å². The van der Waals surface area contributed by atoms with E-state index in [4.69, 9.17) is 10.6 Å². The summed E-state index contributed by atoms with van der Waals surface area (Å²) >= 11 is 0. The third-order valence-corrected chi connectivity index (χ3v) is 2.44. The molecule has 1 aliphatic rings. The molecule has 4 heteroatoms. The van der Waals surface area contributed by atoms with E-state index >= 15 is 0 Å². The van der Waals surface area contributed by atoms with Crippen LogP contribution in [0.4, 0.5) is 0 Å². The number of carbonyl (C=O) groups is 1. The molecule has 0 aliphatic carbocycles. The zero-order valence-electron chi connectivity index (χ0n) is 9.95. The molecular formula is C11H22N2O2. The van der Waals surface area contributed by atoms with Crippen molar-refractivity contribution in [2.75, 3.05) is 13.1 Å². The summed E-state index contributed by atoms with van der Waals surface area (Å²) in [7, 11) is 0. The molecule has 0 aromatic heterocycles. The van der Waals surface area contributed by atoms with E-state index in [1.165, 1.54) is 0 Å². The summed E-state index contributed by atoms with van der Waals surface area (Å²) in [6, 6.07) is 0. The second-order valence-corrected chi connectivity index (χ2v) is 5.22. The Bertz CT molecular complexity index is 223. The quantitative estimate of drug-likeness (QED) is 0.528. The number of rotatable bonds is 1. The highest BCUT2D eigenvalue weighted by Gasteiger charge is 2.27. The summed E-state index contributed by atoms with van der Waals surface area (Å²) in [5, 5.41) is 1.72. The number of hydrazine groups is 1. The van der Waals surface area contributed by atoms with Crippen LogP contribution >= 0.6 is 0 Å². The fraction of sp³-hybridized carbons (Fsp3) is 0.909. The van der Waals surface area contributed by atoms with E-state index in [9.17, 15) is 4.79 Å². The van der Waals surface area contributed by atoms with Gasteiger partial charge in [-0.25, -0.2) is 5.01 Å². The predicted octanol–water partition coefficient (Wildman–Crippen LogP) is 1.30. The van der Waals surface area contributed by atoms with E-state index in [-0.39, 0.29) is 11.9 Å². The first-order valence-electron chi connectivity index (χ1n) is 5.61. The summed E-state index contributed by atoms with van der Waals surface area (Å²) in [5.74, 6) is 5.58. The molecule has 0 saturated carbocycles. The van der Waals surface area contributed by atoms with Crippen LogP contribution in [0.25, 0.3) is 0 Å². The van der Waals surface area contributed by atoms with E-state index in [0.29, 0.717) is 6.54 Å². The minimum atomic E-state index is -0.400. The molecule has 1 fully saturated rings. The number of hydrogen-bond acceptors (Lipinski definition) is 4. The number of ether oxygens (including phenoxy) is 1. The van der Waals surface area contributed by atoms with Crippen molar-refractivity contribution in [1.29, 1.82) is 0 Å². The predicted molar refractivity (Wildman–Crippen MR) is 58.9 cm³/mol. The van der Waals surface area contributed by atoms with Crippen molar-refractivity contribution in [3.8, 4) is 0 Å². The Morgan fingerprint density at radius 3 is 2.67 bits per heavy atom. The van der Waals surface area contributed by atoms with Gasteiger partial charge in [-0.1, -0.05) is 6.42 Å². The van der Waals surface area contributed by atoms with Crippen molar-refractivity contribution < 1.29 is 9.53 Å². The van der Waals surface area contributed by atoms with Crippen molar-refractivity contribution in [3.63, 3.8) is 0 Å². The third kappa shape index (κ3) is 4.62. The molecule has 0 bridgehead atoms. The highest BCUT2D eigenvalue weighted by molar-refractivity contribution is 5.73. The Hall–Kier alpha value is -0.610. The first-order valence-corrected chi connectivity index (χ1v) is 5.61. The zero-order chi connectivity index (χ0) is 11.5. The lowest BCUT2D eigenvalue weighted by Gasteiger charge is -2.24. The maximum atomic E-state index is 11.8. The summed E-state index contributed by atoms with van der Waals surface area (Å²) in [4.78, 5) is 11.8. The lowest BCUT2D eigenvalue weighted by molar-refractivity contribution is -0.160. The largest absolute Gasteiger partial charge is 0.460 e. The smallest absolute Gasteiger partial charge is 0.310 e. The van der Waals surface area contributed by atoms with Gasteiger partial charge in [-0.05, 0) is 33.6 Å². The minimum absolute atomic E-state index is 0.0586. The Morgan fingerprint density at radius 1 is 1.40 bits per heavy atom. The first kappa shape index (κ1) is 12.5. The van der Waals surface area contributed by atoms with Gasteiger partial charge in [0.25, 0.3) is 0 Å². The standard InChI is InChI=1S/C11H22N2O2/c1-11(2,3)15-10(14)9-6-4-5-7-13(12)8-9/h9H,4-8,12H2,1-3H3. The molecule has 1 unspecified atom stereocenters.